The van der Waals surface area contributed by atoms with Gasteiger partial charge in [0.1, 0.15) is 0 Å². The van der Waals surface area contributed by atoms with Crippen LogP contribution in [0.5, 0.6) is 0 Å². The van der Waals surface area contributed by atoms with E-state index in [1.807, 2.05) is 0 Å². The number of allylic oxidation sites excluding steroid dienone is 2. The Hall–Kier alpha value is -1.82. The minimum absolute atomic E-state index is 0.983. The third-order valence-corrected chi connectivity index (χ3v) is 2.96. The van der Waals surface area contributed by atoms with Crippen LogP contribution >= 0.6 is 0 Å². The minimum atomic E-state index is 0.983. The van der Waals surface area contributed by atoms with Gasteiger partial charge in [-0.15, -0.1) is 0 Å². The van der Waals surface area contributed by atoms with E-state index in [1.54, 1.807) is 0 Å². The van der Waals surface area contributed by atoms with Crippen LogP contribution in [0, 0.1) is 0 Å². The zero-order valence-corrected chi connectivity index (χ0v) is 8.53. The molecule has 72 valence electrons. The largest absolute Gasteiger partial charge is 0.0955 e. The highest BCUT2D eigenvalue weighted by atomic mass is 14.1. The second-order valence-corrected chi connectivity index (χ2v) is 4.03. The van der Waals surface area contributed by atoms with E-state index in [2.05, 4.69) is 55.1 Å². The predicted molar refractivity (Wildman–Crippen MR) is 65.8 cm³/mol. The Balaban J connectivity index is 2.37. The van der Waals surface area contributed by atoms with Gasteiger partial charge in [0.05, 0.1) is 0 Å². The molecule has 0 radical (unpaired) electrons. The van der Waals surface area contributed by atoms with Crippen molar-refractivity contribution < 1.29 is 0 Å². The Morgan fingerprint density at radius 2 is 1.80 bits per heavy atom. The Bertz CT molecular complexity index is 574. The highest BCUT2D eigenvalue weighted by Crippen LogP contribution is 2.28. The van der Waals surface area contributed by atoms with E-state index in [1.165, 1.54) is 27.5 Å². The monoisotopic (exact) mass is 192 g/mol. The number of benzene rings is 2. The summed E-state index contributed by atoms with van der Waals surface area (Å²) in [6.45, 7) is 4.01. The van der Waals surface area contributed by atoms with Crippen molar-refractivity contribution in [3.8, 4) is 0 Å². The molecule has 0 bridgehead atoms. The summed E-state index contributed by atoms with van der Waals surface area (Å²) in [6, 6.07) is 12.9. The molecular weight excluding hydrogens is 180 g/mol. The van der Waals surface area contributed by atoms with Crippen molar-refractivity contribution in [1.29, 1.82) is 0 Å². The van der Waals surface area contributed by atoms with Crippen molar-refractivity contribution in [2.45, 2.75) is 6.42 Å². The van der Waals surface area contributed by atoms with Crippen LogP contribution in [-0.4, -0.2) is 0 Å². The molecule has 0 aliphatic heterocycles. The van der Waals surface area contributed by atoms with Gasteiger partial charge >= 0.3 is 0 Å². The fraction of sp³-hybridized carbons (Fsp3) is 0.0667. The van der Waals surface area contributed by atoms with E-state index in [0.717, 1.165) is 6.42 Å². The third-order valence-electron chi connectivity index (χ3n) is 2.96. The van der Waals surface area contributed by atoms with Crippen LogP contribution in [0.15, 0.2) is 54.6 Å². The van der Waals surface area contributed by atoms with E-state index < -0.39 is 0 Å². The molecule has 3 rings (SSSR count). The molecule has 0 atom stereocenters. The van der Waals surface area contributed by atoms with Crippen molar-refractivity contribution in [3.63, 3.8) is 0 Å². The molecule has 2 aromatic carbocycles. The molecule has 1 aliphatic carbocycles. The van der Waals surface area contributed by atoms with Crippen molar-refractivity contribution in [2.75, 3.05) is 0 Å². The minimum Gasteiger partial charge on any atom is -0.0955 e. The molecule has 0 heteroatoms. The molecule has 0 heterocycles. The molecule has 15 heavy (non-hydrogen) atoms. The molecule has 0 unspecified atom stereocenters. The first-order valence-electron chi connectivity index (χ1n) is 5.21. The van der Waals surface area contributed by atoms with E-state index in [0.29, 0.717) is 0 Å². The summed E-state index contributed by atoms with van der Waals surface area (Å²) in [7, 11) is 0. The van der Waals surface area contributed by atoms with Gasteiger partial charge in [0.2, 0.25) is 0 Å². The summed E-state index contributed by atoms with van der Waals surface area (Å²) in [5, 5.41) is 2.66. The summed E-state index contributed by atoms with van der Waals surface area (Å²) in [5.74, 6) is 0. The van der Waals surface area contributed by atoms with Crippen molar-refractivity contribution >= 4 is 16.8 Å². The maximum Gasteiger partial charge on any atom is -0.00255 e. The fourth-order valence-electron chi connectivity index (χ4n) is 2.20. The van der Waals surface area contributed by atoms with Gasteiger partial charge in [-0.25, -0.2) is 0 Å². The van der Waals surface area contributed by atoms with Crippen LogP contribution in [0.25, 0.3) is 16.8 Å². The molecule has 1 aliphatic rings. The van der Waals surface area contributed by atoms with Gasteiger partial charge in [0.15, 0.2) is 0 Å². The Labute approximate surface area is 89.6 Å². The predicted octanol–water partition coefficient (Wildman–Crippen LogP) is 3.97. The van der Waals surface area contributed by atoms with Gasteiger partial charge in [-0.3, -0.25) is 0 Å². The maximum atomic E-state index is 4.01. The summed E-state index contributed by atoms with van der Waals surface area (Å²) in [4.78, 5) is 0. The summed E-state index contributed by atoms with van der Waals surface area (Å²) in [5.41, 5.74) is 3.94. The SMILES string of the molecule is C=C1C=Cc2c(ccc3ccccc23)C1. The van der Waals surface area contributed by atoms with E-state index in [4.69, 9.17) is 0 Å². The molecule has 0 saturated heterocycles. The Morgan fingerprint density at radius 1 is 0.933 bits per heavy atom. The molecule has 0 nitrogen and oxygen atoms in total. The van der Waals surface area contributed by atoms with Crippen LogP contribution in [0.2, 0.25) is 0 Å². The average Bonchev–Trinajstić information content (AvgIpc) is 2.28. The van der Waals surface area contributed by atoms with E-state index >= 15 is 0 Å². The van der Waals surface area contributed by atoms with E-state index in [9.17, 15) is 0 Å². The second kappa shape index (κ2) is 3.09. The highest BCUT2D eigenvalue weighted by molar-refractivity contribution is 5.93. The first-order valence-corrected chi connectivity index (χ1v) is 5.21. The Morgan fingerprint density at radius 3 is 2.73 bits per heavy atom. The van der Waals surface area contributed by atoms with Crippen molar-refractivity contribution in [2.24, 2.45) is 0 Å². The normalized spacial score (nSPS) is 14.3. The molecule has 0 saturated carbocycles. The maximum absolute atomic E-state index is 4.01. The van der Waals surface area contributed by atoms with Crippen LogP contribution in [0.1, 0.15) is 11.1 Å². The molecule has 0 fully saturated rings. The standard InChI is InChI=1S/C15H12/c1-11-6-9-15-13(10-11)8-7-12-4-2-3-5-14(12)15/h2-9H,1,10H2. The number of hydrogen-bond donors (Lipinski definition) is 0. The van der Waals surface area contributed by atoms with Crippen molar-refractivity contribution in [3.05, 3.63) is 65.8 Å². The van der Waals surface area contributed by atoms with Crippen LogP contribution < -0.4 is 0 Å². The lowest BCUT2D eigenvalue weighted by Gasteiger charge is -2.14. The number of rotatable bonds is 0. The molecular formula is C15H12. The first-order chi connectivity index (χ1) is 7.34. The van der Waals surface area contributed by atoms with Crippen LogP contribution in [0.4, 0.5) is 0 Å². The lowest BCUT2D eigenvalue weighted by atomic mass is 9.90. The first kappa shape index (κ1) is 8.49. The summed E-state index contributed by atoms with van der Waals surface area (Å²) in [6.07, 6.45) is 5.29. The topological polar surface area (TPSA) is 0 Å². The summed E-state index contributed by atoms with van der Waals surface area (Å²) >= 11 is 0. The van der Waals surface area contributed by atoms with Gasteiger partial charge in [0.25, 0.3) is 0 Å². The van der Waals surface area contributed by atoms with Gasteiger partial charge < -0.3 is 0 Å². The smallest absolute Gasteiger partial charge is 0.00255 e. The lowest BCUT2D eigenvalue weighted by Crippen LogP contribution is -1.96. The zero-order valence-electron chi connectivity index (χ0n) is 8.53. The van der Waals surface area contributed by atoms with Crippen molar-refractivity contribution in [1.82, 2.24) is 0 Å². The fourth-order valence-corrected chi connectivity index (χ4v) is 2.20. The number of hydrogen-bond acceptors (Lipinski definition) is 0. The molecule has 0 N–H and O–H groups in total. The molecule has 2 aromatic rings. The molecule has 0 amide bonds. The van der Waals surface area contributed by atoms with E-state index in [-0.39, 0.29) is 0 Å². The molecule has 0 spiro atoms. The summed E-state index contributed by atoms with van der Waals surface area (Å²) < 4.78 is 0. The van der Waals surface area contributed by atoms with Gasteiger partial charge in [-0.05, 0) is 28.3 Å². The lowest BCUT2D eigenvalue weighted by molar-refractivity contribution is 1.19. The second-order valence-electron chi connectivity index (χ2n) is 4.03. The van der Waals surface area contributed by atoms with Crippen LogP contribution in [0.3, 0.4) is 0 Å². The average molecular weight is 192 g/mol. The zero-order chi connectivity index (χ0) is 10.3. The van der Waals surface area contributed by atoms with Gasteiger partial charge in [-0.2, -0.15) is 0 Å². The number of fused-ring (bicyclic) bond motifs is 3. The Kier molecular flexibility index (Phi) is 1.75. The quantitative estimate of drug-likeness (QED) is 0.592. The third kappa shape index (κ3) is 1.30. The molecule has 0 aromatic heterocycles. The van der Waals surface area contributed by atoms with Gasteiger partial charge in [0, 0.05) is 0 Å². The van der Waals surface area contributed by atoms with Gasteiger partial charge in [-0.1, -0.05) is 60.7 Å². The highest BCUT2D eigenvalue weighted by Gasteiger charge is 2.09. The van der Waals surface area contributed by atoms with Crippen LogP contribution in [-0.2, 0) is 6.42 Å².